The Morgan fingerprint density at radius 3 is 2.19 bits per heavy atom. The summed E-state index contributed by atoms with van der Waals surface area (Å²) in [6.45, 7) is 4.39. The zero-order chi connectivity index (χ0) is 15.4. The van der Waals surface area contributed by atoms with E-state index in [9.17, 15) is 19.7 Å². The van der Waals surface area contributed by atoms with Crippen LogP contribution in [0.3, 0.4) is 0 Å². The third kappa shape index (κ3) is 3.85. The van der Waals surface area contributed by atoms with Crippen LogP contribution in [-0.2, 0) is 4.79 Å². The molecule has 0 unspecified atom stereocenters. The Balaban J connectivity index is 1.90. The van der Waals surface area contributed by atoms with Crippen LogP contribution >= 0.6 is 0 Å². The average Bonchev–Trinajstić information content (AvgIpc) is 2.47. The SMILES string of the molecule is CC(=O)N1CCN(CC(=O)c2ccc([N+](=O)[O-])cc2)CC1. The highest BCUT2D eigenvalue weighted by molar-refractivity contribution is 5.97. The van der Waals surface area contributed by atoms with Gasteiger partial charge in [-0.25, -0.2) is 0 Å². The Bertz CT molecular complexity index is 548. The molecular formula is C14H17N3O4. The van der Waals surface area contributed by atoms with Gasteiger partial charge in [-0.05, 0) is 12.1 Å². The lowest BCUT2D eigenvalue weighted by Crippen LogP contribution is -2.49. The van der Waals surface area contributed by atoms with E-state index in [0.717, 1.165) is 0 Å². The van der Waals surface area contributed by atoms with Crippen LogP contribution in [0, 0.1) is 10.1 Å². The second kappa shape index (κ2) is 6.45. The molecule has 1 aromatic rings. The summed E-state index contributed by atoms with van der Waals surface area (Å²) in [6.07, 6.45) is 0. The van der Waals surface area contributed by atoms with Crippen LogP contribution in [0.4, 0.5) is 5.69 Å². The number of hydrogen-bond donors (Lipinski definition) is 0. The van der Waals surface area contributed by atoms with Crippen molar-refractivity contribution in [2.24, 2.45) is 0 Å². The van der Waals surface area contributed by atoms with Crippen molar-refractivity contribution in [2.75, 3.05) is 32.7 Å². The predicted octanol–water partition coefficient (Wildman–Crippen LogP) is 0.942. The first-order valence-corrected chi connectivity index (χ1v) is 6.73. The van der Waals surface area contributed by atoms with Crippen LogP contribution in [0.5, 0.6) is 0 Å². The zero-order valence-corrected chi connectivity index (χ0v) is 11.8. The van der Waals surface area contributed by atoms with Gasteiger partial charge in [0.05, 0.1) is 11.5 Å². The van der Waals surface area contributed by atoms with Crippen molar-refractivity contribution in [2.45, 2.75) is 6.92 Å². The lowest BCUT2D eigenvalue weighted by atomic mass is 10.1. The van der Waals surface area contributed by atoms with Gasteiger partial charge in [0.1, 0.15) is 0 Å². The van der Waals surface area contributed by atoms with Gasteiger partial charge in [0.15, 0.2) is 5.78 Å². The second-order valence-electron chi connectivity index (χ2n) is 5.01. The van der Waals surface area contributed by atoms with Gasteiger partial charge in [-0.2, -0.15) is 0 Å². The highest BCUT2D eigenvalue weighted by Crippen LogP contribution is 2.13. The molecule has 21 heavy (non-hydrogen) atoms. The smallest absolute Gasteiger partial charge is 0.269 e. The maximum Gasteiger partial charge on any atom is 0.269 e. The molecule has 1 saturated heterocycles. The normalized spacial score (nSPS) is 15.8. The fourth-order valence-electron chi connectivity index (χ4n) is 2.28. The van der Waals surface area contributed by atoms with E-state index < -0.39 is 4.92 Å². The Kier molecular flexibility index (Phi) is 4.64. The third-order valence-corrected chi connectivity index (χ3v) is 3.58. The summed E-state index contributed by atoms with van der Waals surface area (Å²) < 4.78 is 0. The molecule has 0 bridgehead atoms. The highest BCUT2D eigenvalue weighted by Gasteiger charge is 2.21. The van der Waals surface area contributed by atoms with Gasteiger partial charge in [-0.1, -0.05) is 0 Å². The van der Waals surface area contributed by atoms with E-state index in [2.05, 4.69) is 0 Å². The number of benzene rings is 1. The van der Waals surface area contributed by atoms with Gasteiger partial charge in [-0.15, -0.1) is 0 Å². The molecule has 1 amide bonds. The van der Waals surface area contributed by atoms with E-state index in [0.29, 0.717) is 31.7 Å². The van der Waals surface area contributed by atoms with Gasteiger partial charge in [0.2, 0.25) is 5.91 Å². The van der Waals surface area contributed by atoms with Crippen molar-refractivity contribution >= 4 is 17.4 Å². The molecule has 0 N–H and O–H groups in total. The Labute approximate surface area is 122 Å². The number of Topliss-reactive ketones (excluding diaryl/α,β-unsaturated/α-hetero) is 1. The molecule has 7 heteroatoms. The van der Waals surface area contributed by atoms with Crippen molar-refractivity contribution in [3.8, 4) is 0 Å². The molecular weight excluding hydrogens is 274 g/mol. The fraction of sp³-hybridized carbons (Fsp3) is 0.429. The molecule has 0 radical (unpaired) electrons. The van der Waals surface area contributed by atoms with Crippen molar-refractivity contribution in [3.63, 3.8) is 0 Å². The molecule has 0 saturated carbocycles. The minimum absolute atomic E-state index is 0.0263. The molecule has 0 spiro atoms. The van der Waals surface area contributed by atoms with E-state index in [4.69, 9.17) is 0 Å². The predicted molar refractivity (Wildman–Crippen MR) is 76.1 cm³/mol. The first-order valence-electron chi connectivity index (χ1n) is 6.73. The summed E-state index contributed by atoms with van der Waals surface area (Å²) in [5, 5.41) is 10.6. The van der Waals surface area contributed by atoms with Crippen molar-refractivity contribution in [1.82, 2.24) is 9.80 Å². The largest absolute Gasteiger partial charge is 0.340 e. The van der Waals surface area contributed by atoms with Gasteiger partial charge in [0.25, 0.3) is 5.69 Å². The fourth-order valence-corrected chi connectivity index (χ4v) is 2.28. The molecule has 0 aliphatic carbocycles. The van der Waals surface area contributed by atoms with Crippen molar-refractivity contribution in [1.29, 1.82) is 0 Å². The molecule has 1 fully saturated rings. The standard InChI is InChI=1S/C14H17N3O4/c1-11(18)16-8-6-15(7-9-16)10-14(19)12-2-4-13(5-3-12)17(20)21/h2-5H,6-10H2,1H3. The molecule has 0 atom stereocenters. The molecule has 1 aliphatic heterocycles. The van der Waals surface area contributed by atoms with Crippen molar-refractivity contribution < 1.29 is 14.5 Å². The van der Waals surface area contributed by atoms with E-state index in [1.54, 1.807) is 4.90 Å². The number of non-ortho nitro benzene ring substituents is 1. The minimum atomic E-state index is -0.491. The number of amides is 1. The zero-order valence-electron chi connectivity index (χ0n) is 11.8. The number of piperazine rings is 1. The van der Waals surface area contributed by atoms with Gasteiger partial charge in [-0.3, -0.25) is 24.6 Å². The molecule has 7 nitrogen and oxygen atoms in total. The van der Waals surface area contributed by atoms with Crippen LogP contribution in [0.2, 0.25) is 0 Å². The molecule has 112 valence electrons. The Morgan fingerprint density at radius 1 is 1.14 bits per heavy atom. The van der Waals surface area contributed by atoms with E-state index >= 15 is 0 Å². The second-order valence-corrected chi connectivity index (χ2v) is 5.01. The summed E-state index contributed by atoms with van der Waals surface area (Å²) in [4.78, 5) is 37.2. The first kappa shape index (κ1) is 15.1. The number of nitrogens with zero attached hydrogens (tertiary/aromatic N) is 3. The van der Waals surface area contributed by atoms with Crippen LogP contribution in [0.25, 0.3) is 0 Å². The maximum atomic E-state index is 12.1. The van der Waals surface area contributed by atoms with Gasteiger partial charge in [0, 0.05) is 50.8 Å². The average molecular weight is 291 g/mol. The lowest BCUT2D eigenvalue weighted by Gasteiger charge is -2.33. The summed E-state index contributed by atoms with van der Waals surface area (Å²) in [5.41, 5.74) is 0.441. The van der Waals surface area contributed by atoms with Crippen LogP contribution in [0.15, 0.2) is 24.3 Å². The highest BCUT2D eigenvalue weighted by atomic mass is 16.6. The summed E-state index contributed by atoms with van der Waals surface area (Å²) in [7, 11) is 0. The molecule has 1 aliphatic rings. The molecule has 1 aromatic carbocycles. The van der Waals surface area contributed by atoms with Crippen LogP contribution in [0.1, 0.15) is 17.3 Å². The number of rotatable bonds is 4. The number of nitro groups is 1. The summed E-state index contributed by atoms with van der Waals surface area (Å²) in [6, 6.07) is 5.63. The minimum Gasteiger partial charge on any atom is -0.340 e. The number of nitro benzene ring substituents is 1. The number of carbonyl (C=O) groups excluding carboxylic acids is 2. The quantitative estimate of drug-likeness (QED) is 0.468. The Morgan fingerprint density at radius 2 is 1.71 bits per heavy atom. The van der Waals surface area contributed by atoms with Gasteiger partial charge < -0.3 is 4.90 Å². The molecule has 0 aromatic heterocycles. The maximum absolute atomic E-state index is 12.1. The van der Waals surface area contributed by atoms with Crippen molar-refractivity contribution in [3.05, 3.63) is 39.9 Å². The van der Waals surface area contributed by atoms with E-state index in [1.807, 2.05) is 4.90 Å². The van der Waals surface area contributed by atoms with Crippen LogP contribution in [-0.4, -0.2) is 59.1 Å². The monoisotopic (exact) mass is 291 g/mol. The number of ketones is 1. The molecule has 1 heterocycles. The van der Waals surface area contributed by atoms with E-state index in [-0.39, 0.29) is 23.9 Å². The first-order chi connectivity index (χ1) is 9.97. The summed E-state index contributed by atoms with van der Waals surface area (Å²) >= 11 is 0. The van der Waals surface area contributed by atoms with E-state index in [1.165, 1.54) is 31.2 Å². The summed E-state index contributed by atoms with van der Waals surface area (Å²) in [5.74, 6) is -0.0162. The third-order valence-electron chi connectivity index (χ3n) is 3.58. The Hall–Kier alpha value is -2.28. The lowest BCUT2D eigenvalue weighted by molar-refractivity contribution is -0.384. The number of hydrogen-bond acceptors (Lipinski definition) is 5. The molecule has 2 rings (SSSR count). The van der Waals surface area contributed by atoms with Gasteiger partial charge >= 0.3 is 0 Å². The number of carbonyl (C=O) groups is 2. The topological polar surface area (TPSA) is 83.8 Å². The van der Waals surface area contributed by atoms with Crippen LogP contribution < -0.4 is 0 Å².